The third-order valence-corrected chi connectivity index (χ3v) is 3.05. The topological polar surface area (TPSA) is 42.0 Å². The van der Waals surface area contributed by atoms with Crippen molar-refractivity contribution in [1.29, 1.82) is 0 Å². The van der Waals surface area contributed by atoms with Gasteiger partial charge in [-0.2, -0.15) is 0 Å². The Morgan fingerprint density at radius 2 is 2.38 bits per heavy atom. The SMILES string of the molecule is CCCC(Br)CNC(=O)c1ccc(Cl)cn1. The molecule has 88 valence electrons. The van der Waals surface area contributed by atoms with Gasteiger partial charge >= 0.3 is 0 Å². The molecule has 0 bridgehead atoms. The second-order valence-electron chi connectivity index (χ2n) is 3.46. The molecule has 3 nitrogen and oxygen atoms in total. The molecular formula is C11H14BrClN2O. The molecular weight excluding hydrogens is 291 g/mol. The Labute approximate surface area is 109 Å². The molecule has 16 heavy (non-hydrogen) atoms. The van der Waals surface area contributed by atoms with Crippen LogP contribution < -0.4 is 5.32 Å². The quantitative estimate of drug-likeness (QED) is 0.850. The summed E-state index contributed by atoms with van der Waals surface area (Å²) in [5.74, 6) is -0.169. The number of hydrogen-bond donors (Lipinski definition) is 1. The molecule has 1 unspecified atom stereocenters. The molecule has 0 fully saturated rings. The lowest BCUT2D eigenvalue weighted by Crippen LogP contribution is -2.30. The molecule has 1 aromatic rings. The lowest BCUT2D eigenvalue weighted by Gasteiger charge is -2.09. The van der Waals surface area contributed by atoms with Crippen LogP contribution in [-0.4, -0.2) is 22.3 Å². The van der Waals surface area contributed by atoms with Gasteiger partial charge in [-0.05, 0) is 18.6 Å². The van der Waals surface area contributed by atoms with E-state index in [1.54, 1.807) is 12.1 Å². The molecule has 0 saturated heterocycles. The fourth-order valence-corrected chi connectivity index (χ4v) is 1.95. The van der Waals surface area contributed by atoms with Crippen LogP contribution >= 0.6 is 27.5 Å². The number of hydrogen-bond acceptors (Lipinski definition) is 2. The molecule has 1 heterocycles. The van der Waals surface area contributed by atoms with Crippen molar-refractivity contribution in [1.82, 2.24) is 10.3 Å². The molecule has 0 aromatic carbocycles. The zero-order chi connectivity index (χ0) is 12.0. The first-order chi connectivity index (χ1) is 7.63. The van der Waals surface area contributed by atoms with Crippen molar-refractivity contribution < 1.29 is 4.79 Å². The van der Waals surface area contributed by atoms with Gasteiger partial charge in [-0.25, -0.2) is 4.98 Å². The molecule has 1 amide bonds. The monoisotopic (exact) mass is 304 g/mol. The highest BCUT2D eigenvalue weighted by molar-refractivity contribution is 9.09. The minimum absolute atomic E-state index is 0.169. The Morgan fingerprint density at radius 3 is 2.94 bits per heavy atom. The Kier molecular flexibility index (Phi) is 5.77. The van der Waals surface area contributed by atoms with Gasteiger partial charge in [0, 0.05) is 17.6 Å². The van der Waals surface area contributed by atoms with Crippen LogP contribution in [0.3, 0.4) is 0 Å². The van der Waals surface area contributed by atoms with Crippen LogP contribution in [0.25, 0.3) is 0 Å². The maximum atomic E-state index is 11.6. The minimum Gasteiger partial charge on any atom is -0.350 e. The molecule has 0 spiro atoms. The van der Waals surface area contributed by atoms with E-state index >= 15 is 0 Å². The van der Waals surface area contributed by atoms with Crippen LogP contribution in [0.2, 0.25) is 5.02 Å². The van der Waals surface area contributed by atoms with Crippen LogP contribution in [0.15, 0.2) is 18.3 Å². The standard InChI is InChI=1S/C11H14BrClN2O/c1-2-3-8(12)6-15-11(16)10-5-4-9(13)7-14-10/h4-5,7-8H,2-3,6H2,1H3,(H,15,16). The molecule has 0 aliphatic heterocycles. The van der Waals surface area contributed by atoms with E-state index in [0.717, 1.165) is 12.8 Å². The Morgan fingerprint density at radius 1 is 1.62 bits per heavy atom. The molecule has 5 heteroatoms. The van der Waals surface area contributed by atoms with Crippen LogP contribution in [-0.2, 0) is 0 Å². The highest BCUT2D eigenvalue weighted by atomic mass is 79.9. The summed E-state index contributed by atoms with van der Waals surface area (Å²) in [4.78, 5) is 15.9. The van der Waals surface area contributed by atoms with Crippen molar-refractivity contribution in [2.75, 3.05) is 6.54 Å². The second-order valence-corrected chi connectivity index (χ2v) is 5.19. The largest absolute Gasteiger partial charge is 0.350 e. The van der Waals surface area contributed by atoms with E-state index in [2.05, 4.69) is 33.2 Å². The molecule has 1 atom stereocenters. The summed E-state index contributed by atoms with van der Waals surface area (Å²) in [7, 11) is 0. The highest BCUT2D eigenvalue weighted by Crippen LogP contribution is 2.08. The zero-order valence-corrected chi connectivity index (χ0v) is 11.4. The maximum Gasteiger partial charge on any atom is 0.269 e. The van der Waals surface area contributed by atoms with E-state index in [-0.39, 0.29) is 5.91 Å². The van der Waals surface area contributed by atoms with Crippen molar-refractivity contribution in [3.63, 3.8) is 0 Å². The van der Waals surface area contributed by atoms with Gasteiger partial charge in [0.1, 0.15) is 5.69 Å². The van der Waals surface area contributed by atoms with Crippen LogP contribution in [0, 0.1) is 0 Å². The van der Waals surface area contributed by atoms with Gasteiger partial charge in [0.2, 0.25) is 0 Å². The molecule has 0 aliphatic rings. The molecule has 1 aromatic heterocycles. The predicted molar refractivity (Wildman–Crippen MR) is 69.2 cm³/mol. The summed E-state index contributed by atoms with van der Waals surface area (Å²) in [5, 5.41) is 3.34. The summed E-state index contributed by atoms with van der Waals surface area (Å²) in [6, 6.07) is 3.27. The number of amides is 1. The number of aromatic nitrogens is 1. The number of halogens is 2. The molecule has 0 radical (unpaired) electrons. The van der Waals surface area contributed by atoms with E-state index in [1.807, 2.05) is 0 Å². The van der Waals surface area contributed by atoms with Crippen LogP contribution in [0.5, 0.6) is 0 Å². The van der Waals surface area contributed by atoms with E-state index in [1.165, 1.54) is 6.20 Å². The van der Waals surface area contributed by atoms with E-state index in [4.69, 9.17) is 11.6 Å². The van der Waals surface area contributed by atoms with Gasteiger partial charge in [-0.3, -0.25) is 4.79 Å². The Balaban J connectivity index is 2.43. The first kappa shape index (κ1) is 13.5. The molecule has 1 rings (SSSR count). The van der Waals surface area contributed by atoms with E-state index in [0.29, 0.717) is 22.1 Å². The first-order valence-electron chi connectivity index (χ1n) is 5.17. The first-order valence-corrected chi connectivity index (χ1v) is 6.46. The van der Waals surface area contributed by atoms with Gasteiger partial charge in [-0.15, -0.1) is 0 Å². The third-order valence-electron chi connectivity index (χ3n) is 2.05. The molecule has 0 aliphatic carbocycles. The van der Waals surface area contributed by atoms with Gasteiger partial charge in [0.15, 0.2) is 0 Å². The average molecular weight is 306 g/mol. The van der Waals surface area contributed by atoms with Crippen LogP contribution in [0.4, 0.5) is 0 Å². The highest BCUT2D eigenvalue weighted by Gasteiger charge is 2.09. The number of alkyl halides is 1. The average Bonchev–Trinajstić information content (AvgIpc) is 2.27. The zero-order valence-electron chi connectivity index (χ0n) is 9.04. The molecule has 1 N–H and O–H groups in total. The van der Waals surface area contributed by atoms with Crippen molar-refractivity contribution in [3.8, 4) is 0 Å². The minimum atomic E-state index is -0.169. The lowest BCUT2D eigenvalue weighted by molar-refractivity contribution is 0.0948. The van der Waals surface area contributed by atoms with Gasteiger partial charge in [0.05, 0.1) is 5.02 Å². The van der Waals surface area contributed by atoms with Crippen molar-refractivity contribution in [3.05, 3.63) is 29.0 Å². The number of pyridine rings is 1. The summed E-state index contributed by atoms with van der Waals surface area (Å²) in [6.45, 7) is 2.72. The number of nitrogens with zero attached hydrogens (tertiary/aromatic N) is 1. The van der Waals surface area contributed by atoms with E-state index in [9.17, 15) is 4.79 Å². The Hall–Kier alpha value is -0.610. The maximum absolute atomic E-state index is 11.6. The van der Waals surface area contributed by atoms with E-state index < -0.39 is 0 Å². The Bertz CT molecular complexity index is 342. The van der Waals surface area contributed by atoms with Crippen molar-refractivity contribution in [2.24, 2.45) is 0 Å². The summed E-state index contributed by atoms with van der Waals surface area (Å²) < 4.78 is 0. The van der Waals surface area contributed by atoms with Crippen molar-refractivity contribution in [2.45, 2.75) is 24.6 Å². The number of carbonyl (C=O) groups excluding carboxylic acids is 1. The fraction of sp³-hybridized carbons (Fsp3) is 0.455. The number of carbonyl (C=O) groups is 1. The normalized spacial score (nSPS) is 12.2. The summed E-state index contributed by atoms with van der Waals surface area (Å²) in [6.07, 6.45) is 3.59. The fourth-order valence-electron chi connectivity index (χ4n) is 1.22. The van der Waals surface area contributed by atoms with Crippen molar-refractivity contribution >= 4 is 33.4 Å². The summed E-state index contributed by atoms with van der Waals surface area (Å²) >= 11 is 9.18. The number of rotatable bonds is 5. The van der Waals surface area contributed by atoms with Gasteiger partial charge < -0.3 is 5.32 Å². The number of nitrogens with one attached hydrogen (secondary N) is 1. The second kappa shape index (κ2) is 6.86. The third kappa shape index (κ3) is 4.49. The summed E-state index contributed by atoms with van der Waals surface area (Å²) in [5.41, 5.74) is 0.389. The van der Waals surface area contributed by atoms with Gasteiger partial charge in [0.25, 0.3) is 5.91 Å². The predicted octanol–water partition coefficient (Wildman–Crippen LogP) is 3.03. The lowest BCUT2D eigenvalue weighted by atomic mass is 10.2. The van der Waals surface area contributed by atoms with Crippen LogP contribution in [0.1, 0.15) is 30.3 Å². The molecule has 0 saturated carbocycles. The van der Waals surface area contributed by atoms with Gasteiger partial charge in [-0.1, -0.05) is 40.9 Å². The smallest absolute Gasteiger partial charge is 0.269 e.